The summed E-state index contributed by atoms with van der Waals surface area (Å²) in [6.07, 6.45) is 10.4. The van der Waals surface area contributed by atoms with Crippen LogP contribution >= 0.6 is 0 Å². The molecule has 1 N–H and O–H groups in total. The quantitative estimate of drug-likeness (QED) is 0.474. The van der Waals surface area contributed by atoms with E-state index in [0.29, 0.717) is 6.42 Å². The van der Waals surface area contributed by atoms with Gasteiger partial charge in [0.05, 0.1) is 6.61 Å². The molecular weight excluding hydrogens is 231 g/mol. The van der Waals surface area contributed by atoms with Crippen LogP contribution in [0.5, 0.6) is 0 Å². The first-order valence-electron chi connectivity index (χ1n) is 7.64. The largest absolute Gasteiger partial charge is 0.393 e. The van der Waals surface area contributed by atoms with Crippen molar-refractivity contribution in [3.8, 4) is 0 Å². The highest BCUT2D eigenvalue weighted by Gasteiger charge is 2.02. The third-order valence-electron chi connectivity index (χ3n) is 3.21. The molecule has 1 atom stereocenters. The van der Waals surface area contributed by atoms with Crippen molar-refractivity contribution in [3.63, 3.8) is 0 Å². The number of hydrogen-bond acceptors (Lipinski definition) is 2. The van der Waals surface area contributed by atoms with E-state index in [1.54, 1.807) is 0 Å². The highest BCUT2D eigenvalue weighted by Crippen LogP contribution is 2.12. The highest BCUT2D eigenvalue weighted by atomic mass is 19.1. The van der Waals surface area contributed by atoms with Gasteiger partial charge in [-0.15, -0.1) is 0 Å². The Morgan fingerprint density at radius 3 is 1.89 bits per heavy atom. The topological polar surface area (TPSA) is 29.5 Å². The Bertz CT molecular complexity index is 153. The van der Waals surface area contributed by atoms with Gasteiger partial charge in [0.25, 0.3) is 0 Å². The number of aliphatic hydroxyl groups excluding tert-OH is 1. The number of alkyl halides is 1. The first-order valence-corrected chi connectivity index (χ1v) is 7.64. The summed E-state index contributed by atoms with van der Waals surface area (Å²) in [4.78, 5) is 0. The molecule has 0 aliphatic rings. The van der Waals surface area contributed by atoms with Crippen LogP contribution in [0.3, 0.4) is 0 Å². The molecule has 0 bridgehead atoms. The van der Waals surface area contributed by atoms with Crippen LogP contribution in [0.4, 0.5) is 4.39 Å². The molecule has 0 aromatic carbocycles. The van der Waals surface area contributed by atoms with Crippen molar-refractivity contribution in [3.05, 3.63) is 0 Å². The summed E-state index contributed by atoms with van der Waals surface area (Å²) < 4.78 is 18.0. The van der Waals surface area contributed by atoms with Gasteiger partial charge in [-0.05, 0) is 19.8 Å². The predicted octanol–water partition coefficient (Wildman–Crippen LogP) is 4.25. The summed E-state index contributed by atoms with van der Waals surface area (Å²) in [5, 5.41) is 8.53. The van der Waals surface area contributed by atoms with E-state index >= 15 is 0 Å². The van der Waals surface area contributed by atoms with Crippen molar-refractivity contribution in [1.29, 1.82) is 0 Å². The molecule has 0 fully saturated rings. The second-order valence-electron chi connectivity index (χ2n) is 4.95. The van der Waals surface area contributed by atoms with Gasteiger partial charge >= 0.3 is 0 Å². The van der Waals surface area contributed by atoms with Gasteiger partial charge in [0.15, 0.2) is 0 Å². The maximum atomic E-state index is 12.7. The number of hydrogen-bond donors (Lipinski definition) is 1. The maximum absolute atomic E-state index is 12.7. The number of aliphatic hydroxyl groups is 1. The number of ether oxygens (including phenoxy) is 1. The van der Waals surface area contributed by atoms with Gasteiger partial charge < -0.3 is 9.84 Å². The van der Waals surface area contributed by atoms with Gasteiger partial charge in [0.2, 0.25) is 0 Å². The first kappa shape index (κ1) is 17.8. The van der Waals surface area contributed by atoms with Gasteiger partial charge in [0, 0.05) is 13.2 Å². The lowest BCUT2D eigenvalue weighted by atomic mass is 10.1. The summed E-state index contributed by atoms with van der Waals surface area (Å²) in [5.41, 5.74) is 0. The Kier molecular flexibility index (Phi) is 14.8. The Morgan fingerprint density at radius 2 is 1.39 bits per heavy atom. The third kappa shape index (κ3) is 13.9. The Balaban J connectivity index is 2.94. The summed E-state index contributed by atoms with van der Waals surface area (Å²) in [6, 6.07) is 0. The zero-order valence-electron chi connectivity index (χ0n) is 12.0. The van der Waals surface area contributed by atoms with Gasteiger partial charge in [-0.25, -0.2) is 4.39 Å². The average molecular weight is 262 g/mol. The van der Waals surface area contributed by atoms with Crippen molar-refractivity contribution < 1.29 is 14.2 Å². The second kappa shape index (κ2) is 14.9. The van der Waals surface area contributed by atoms with Crippen LogP contribution in [0.2, 0.25) is 0 Å². The summed E-state index contributed by atoms with van der Waals surface area (Å²) >= 11 is 0. The zero-order chi connectivity index (χ0) is 13.5. The van der Waals surface area contributed by atoms with E-state index < -0.39 is 6.17 Å². The molecule has 2 nitrogen and oxygen atoms in total. The smallest absolute Gasteiger partial charge is 0.123 e. The van der Waals surface area contributed by atoms with Crippen molar-refractivity contribution in [2.75, 3.05) is 19.8 Å². The third-order valence-corrected chi connectivity index (χ3v) is 3.21. The van der Waals surface area contributed by atoms with Crippen molar-refractivity contribution >= 4 is 0 Å². The lowest BCUT2D eigenvalue weighted by molar-refractivity contribution is 0.143. The van der Waals surface area contributed by atoms with Gasteiger partial charge in [-0.2, -0.15) is 0 Å². The molecule has 0 aliphatic carbocycles. The van der Waals surface area contributed by atoms with Crippen molar-refractivity contribution in [2.45, 2.75) is 77.3 Å². The van der Waals surface area contributed by atoms with E-state index in [9.17, 15) is 4.39 Å². The van der Waals surface area contributed by atoms with Gasteiger partial charge in [0.1, 0.15) is 6.17 Å². The minimum Gasteiger partial charge on any atom is -0.393 e. The standard InChI is InChI=1S/C15H31FO2/c1-2-18-13-11-9-7-5-3-4-6-8-10-12-15(16)14-17/h15,17H,2-14H2,1H3. The van der Waals surface area contributed by atoms with E-state index in [1.165, 1.54) is 44.9 Å². The second-order valence-corrected chi connectivity index (χ2v) is 4.95. The van der Waals surface area contributed by atoms with E-state index in [4.69, 9.17) is 9.84 Å². The van der Waals surface area contributed by atoms with Crippen LogP contribution in [0.1, 0.15) is 71.1 Å². The fourth-order valence-corrected chi connectivity index (χ4v) is 2.04. The molecule has 1 unspecified atom stereocenters. The minimum absolute atomic E-state index is 0.318. The van der Waals surface area contributed by atoms with Crippen LogP contribution in [0, 0.1) is 0 Å². The molecule has 3 heteroatoms. The molecule has 18 heavy (non-hydrogen) atoms. The summed E-state index contributed by atoms with van der Waals surface area (Å²) in [5.74, 6) is 0. The SMILES string of the molecule is CCOCCCCCCCCCCCC(F)CO. The Hall–Kier alpha value is -0.150. The highest BCUT2D eigenvalue weighted by molar-refractivity contribution is 4.54. The molecule has 0 rings (SSSR count). The molecule has 0 spiro atoms. The molecule has 0 heterocycles. The first-order chi connectivity index (χ1) is 8.81. The molecule has 0 aromatic heterocycles. The average Bonchev–Trinajstić information content (AvgIpc) is 2.39. The van der Waals surface area contributed by atoms with Gasteiger partial charge in [-0.1, -0.05) is 51.4 Å². The molecular formula is C15H31FO2. The summed E-state index contributed by atoms with van der Waals surface area (Å²) in [6.45, 7) is 3.45. The van der Waals surface area contributed by atoms with Crippen LogP contribution in [-0.2, 0) is 4.74 Å². The Labute approximate surface area is 112 Å². The normalized spacial score (nSPS) is 12.8. The zero-order valence-corrected chi connectivity index (χ0v) is 12.0. The van der Waals surface area contributed by atoms with Crippen LogP contribution < -0.4 is 0 Å². The van der Waals surface area contributed by atoms with E-state index in [-0.39, 0.29) is 6.61 Å². The molecule has 0 saturated heterocycles. The van der Waals surface area contributed by atoms with E-state index in [2.05, 4.69) is 0 Å². The van der Waals surface area contributed by atoms with Crippen LogP contribution in [0.15, 0.2) is 0 Å². The van der Waals surface area contributed by atoms with E-state index in [1.807, 2.05) is 6.92 Å². The molecule has 0 radical (unpaired) electrons. The van der Waals surface area contributed by atoms with Crippen LogP contribution in [0.25, 0.3) is 0 Å². The number of halogens is 1. The predicted molar refractivity (Wildman–Crippen MR) is 74.6 cm³/mol. The van der Waals surface area contributed by atoms with Gasteiger partial charge in [-0.3, -0.25) is 0 Å². The lowest BCUT2D eigenvalue weighted by Gasteiger charge is -2.04. The fourth-order valence-electron chi connectivity index (χ4n) is 2.04. The summed E-state index contributed by atoms with van der Waals surface area (Å²) in [7, 11) is 0. The Morgan fingerprint density at radius 1 is 0.889 bits per heavy atom. The fraction of sp³-hybridized carbons (Fsp3) is 1.00. The number of unbranched alkanes of at least 4 members (excludes halogenated alkanes) is 8. The van der Waals surface area contributed by atoms with Crippen LogP contribution in [-0.4, -0.2) is 31.1 Å². The molecule has 0 amide bonds. The molecule has 0 aromatic rings. The molecule has 0 aliphatic heterocycles. The van der Waals surface area contributed by atoms with Crippen molar-refractivity contribution in [1.82, 2.24) is 0 Å². The van der Waals surface area contributed by atoms with Crippen molar-refractivity contribution in [2.24, 2.45) is 0 Å². The molecule has 110 valence electrons. The minimum atomic E-state index is -1.00. The molecule has 0 saturated carbocycles. The lowest BCUT2D eigenvalue weighted by Crippen LogP contribution is -2.04. The van der Waals surface area contributed by atoms with E-state index in [0.717, 1.165) is 26.1 Å². The monoisotopic (exact) mass is 262 g/mol. The maximum Gasteiger partial charge on any atom is 0.123 e. The number of rotatable bonds is 14.